The van der Waals surface area contributed by atoms with E-state index < -0.39 is 24.1 Å². The van der Waals surface area contributed by atoms with Gasteiger partial charge >= 0.3 is 7.82 Å². The predicted molar refractivity (Wildman–Crippen MR) is 261 cm³/mol. The number of phosphoric acid groups is 1. The second kappa shape index (κ2) is 19.5. The SMILES string of the molecule is C=CC(=O)Nc1ccc(C(C)(C)c2cccc(OP(=O)(Oc3cccc(C(C)(C)c4ccc(NC(=O)C=C)cc4)c3)Oc3cccc(C(C)(C)c4ccc(NC(=O)C=C)cc4)c3)c2)cc1. The molecule has 0 aromatic heterocycles. The van der Waals surface area contributed by atoms with Crippen molar-refractivity contribution in [1.29, 1.82) is 0 Å². The summed E-state index contributed by atoms with van der Waals surface area (Å²) in [5, 5.41) is 8.33. The Labute approximate surface area is 381 Å². The van der Waals surface area contributed by atoms with E-state index in [-0.39, 0.29) is 35.0 Å². The highest BCUT2D eigenvalue weighted by Gasteiger charge is 2.36. The maximum atomic E-state index is 15.3. The van der Waals surface area contributed by atoms with E-state index in [2.05, 4.69) is 77.2 Å². The maximum Gasteiger partial charge on any atom is 0.647 e. The molecule has 0 aliphatic rings. The minimum absolute atomic E-state index is 0.258. The van der Waals surface area contributed by atoms with Crippen molar-refractivity contribution in [3.05, 3.63) is 217 Å². The van der Waals surface area contributed by atoms with Gasteiger partial charge in [0, 0.05) is 33.3 Å². The summed E-state index contributed by atoms with van der Waals surface area (Å²) < 4.78 is 34.3. The molecule has 11 heteroatoms. The topological polar surface area (TPSA) is 132 Å². The van der Waals surface area contributed by atoms with Crippen molar-refractivity contribution in [1.82, 2.24) is 0 Å². The zero-order chi connectivity index (χ0) is 47.0. The first-order valence-corrected chi connectivity index (χ1v) is 22.4. The number of rotatable bonds is 18. The van der Waals surface area contributed by atoms with Crippen LogP contribution in [-0.2, 0) is 35.2 Å². The van der Waals surface area contributed by atoms with Crippen molar-refractivity contribution >= 4 is 42.6 Å². The fraction of sp³-hybridized carbons (Fsp3) is 0.167. The molecule has 65 heavy (non-hydrogen) atoms. The van der Waals surface area contributed by atoms with Crippen LogP contribution < -0.4 is 29.5 Å². The predicted octanol–water partition coefficient (Wildman–Crippen LogP) is 12.7. The van der Waals surface area contributed by atoms with E-state index in [1.54, 1.807) is 18.2 Å². The van der Waals surface area contributed by atoms with E-state index >= 15 is 4.57 Å². The molecule has 0 radical (unpaired) electrons. The summed E-state index contributed by atoms with van der Waals surface area (Å²) in [4.78, 5) is 35.7. The molecule has 6 aromatic carbocycles. The zero-order valence-corrected chi connectivity index (χ0v) is 38.4. The van der Waals surface area contributed by atoms with Crippen molar-refractivity contribution in [2.75, 3.05) is 16.0 Å². The van der Waals surface area contributed by atoms with Crippen LogP contribution in [0.15, 0.2) is 184 Å². The van der Waals surface area contributed by atoms with Gasteiger partial charge in [0.05, 0.1) is 0 Å². The number of carbonyl (C=O) groups excluding carboxylic acids is 3. The Morgan fingerprint density at radius 1 is 0.415 bits per heavy atom. The van der Waals surface area contributed by atoms with Gasteiger partial charge in [-0.3, -0.25) is 14.4 Å². The largest absolute Gasteiger partial charge is 0.647 e. The number of nitrogens with one attached hydrogen (secondary N) is 3. The standard InChI is InChI=1S/C54H54N3O7P/c1-10-49(58)55-43-28-22-37(23-29-43)52(4,5)40-16-13-19-46(34-40)62-65(61,63-47-20-14-17-41(35-47)53(6,7)38-24-30-44(31-25-38)56-50(59)11-2)64-48-21-15-18-42(36-48)54(8,9)39-26-32-45(33-27-39)57-51(60)12-3/h10-36H,1-3H2,4-9H3,(H,55,58)(H,56,59)(H,57,60). The number of benzene rings is 6. The van der Waals surface area contributed by atoms with E-state index in [9.17, 15) is 14.4 Å². The minimum atomic E-state index is -4.53. The molecule has 3 N–H and O–H groups in total. The lowest BCUT2D eigenvalue weighted by Crippen LogP contribution is -2.20. The fourth-order valence-electron chi connectivity index (χ4n) is 7.26. The van der Waals surface area contributed by atoms with E-state index in [1.807, 2.05) is 127 Å². The van der Waals surface area contributed by atoms with Crippen molar-refractivity contribution in [3.63, 3.8) is 0 Å². The smallest absolute Gasteiger partial charge is 0.386 e. The van der Waals surface area contributed by atoms with Gasteiger partial charge in [-0.2, -0.15) is 4.57 Å². The molecule has 0 bridgehead atoms. The van der Waals surface area contributed by atoms with Gasteiger partial charge in [0.15, 0.2) is 0 Å². The molecule has 0 saturated carbocycles. The van der Waals surface area contributed by atoms with Crippen LogP contribution in [-0.4, -0.2) is 17.7 Å². The molecule has 0 unspecified atom stereocenters. The molecule has 0 aliphatic heterocycles. The number of hydrogen-bond donors (Lipinski definition) is 3. The third-order valence-electron chi connectivity index (χ3n) is 11.5. The molecule has 0 saturated heterocycles. The number of carbonyl (C=O) groups is 3. The first kappa shape index (κ1) is 47.1. The molecule has 10 nitrogen and oxygen atoms in total. The zero-order valence-electron chi connectivity index (χ0n) is 37.5. The Hall–Kier alpha value is -7.42. The van der Waals surface area contributed by atoms with Crippen LogP contribution in [0, 0.1) is 0 Å². The lowest BCUT2D eigenvalue weighted by Gasteiger charge is -2.28. The van der Waals surface area contributed by atoms with E-state index in [0.29, 0.717) is 17.1 Å². The Bertz CT molecular complexity index is 2470. The highest BCUT2D eigenvalue weighted by atomic mass is 31.2. The third-order valence-corrected chi connectivity index (χ3v) is 12.8. The maximum absolute atomic E-state index is 15.3. The van der Waals surface area contributed by atoms with Gasteiger partial charge in [0.25, 0.3) is 0 Å². The summed E-state index contributed by atoms with van der Waals surface area (Å²) in [6.45, 7) is 22.9. The van der Waals surface area contributed by atoms with Gasteiger partial charge in [-0.05, 0) is 124 Å². The summed E-state index contributed by atoms with van der Waals surface area (Å²) in [7, 11) is -4.53. The van der Waals surface area contributed by atoms with Gasteiger partial charge in [0.1, 0.15) is 17.2 Å². The van der Waals surface area contributed by atoms with Crippen molar-refractivity contribution < 1.29 is 32.5 Å². The van der Waals surface area contributed by atoms with Gasteiger partial charge in [0.2, 0.25) is 17.7 Å². The Kier molecular flexibility index (Phi) is 14.1. The monoisotopic (exact) mass is 887 g/mol. The van der Waals surface area contributed by atoms with E-state index in [4.69, 9.17) is 13.6 Å². The lowest BCUT2D eigenvalue weighted by atomic mass is 9.78. The molecular weight excluding hydrogens is 834 g/mol. The summed E-state index contributed by atoms with van der Waals surface area (Å²) in [6.07, 6.45) is 3.65. The third kappa shape index (κ3) is 11.4. The fourth-order valence-corrected chi connectivity index (χ4v) is 8.49. The molecule has 3 amide bonds. The molecule has 0 heterocycles. The van der Waals surface area contributed by atoms with Crippen LogP contribution in [0.4, 0.5) is 17.1 Å². The van der Waals surface area contributed by atoms with Crippen LogP contribution in [0.2, 0.25) is 0 Å². The molecule has 0 fully saturated rings. The van der Waals surface area contributed by atoms with Crippen LogP contribution in [0.1, 0.15) is 74.9 Å². The van der Waals surface area contributed by atoms with Crippen molar-refractivity contribution in [3.8, 4) is 17.2 Å². The van der Waals surface area contributed by atoms with Gasteiger partial charge < -0.3 is 29.5 Å². The summed E-state index contributed by atoms with van der Waals surface area (Å²) in [5.41, 5.74) is 5.77. The summed E-state index contributed by atoms with van der Waals surface area (Å²) in [5.74, 6) is -0.125. The summed E-state index contributed by atoms with van der Waals surface area (Å²) in [6, 6.07) is 44.5. The van der Waals surface area contributed by atoms with Gasteiger partial charge in [-0.25, -0.2) is 0 Å². The molecule has 0 atom stereocenters. The van der Waals surface area contributed by atoms with E-state index in [1.165, 1.54) is 18.2 Å². The number of hydrogen-bond acceptors (Lipinski definition) is 7. The Morgan fingerprint density at radius 3 is 0.892 bits per heavy atom. The Balaban J connectivity index is 1.33. The molecule has 0 spiro atoms. The van der Waals surface area contributed by atoms with Crippen LogP contribution in [0.3, 0.4) is 0 Å². The second-order valence-corrected chi connectivity index (χ2v) is 18.4. The Morgan fingerprint density at radius 2 is 0.662 bits per heavy atom. The highest BCUT2D eigenvalue weighted by molar-refractivity contribution is 7.49. The van der Waals surface area contributed by atoms with Gasteiger partial charge in [-0.1, -0.05) is 134 Å². The summed E-state index contributed by atoms with van der Waals surface area (Å²) >= 11 is 0. The molecule has 6 aromatic rings. The molecular formula is C54H54N3O7P. The van der Waals surface area contributed by atoms with Crippen molar-refractivity contribution in [2.45, 2.75) is 57.8 Å². The molecule has 6 rings (SSSR count). The van der Waals surface area contributed by atoms with Crippen LogP contribution >= 0.6 is 7.82 Å². The second-order valence-electron chi connectivity index (χ2n) is 17.0. The molecule has 332 valence electrons. The minimum Gasteiger partial charge on any atom is -0.386 e. The number of phosphoric ester groups is 1. The van der Waals surface area contributed by atoms with Crippen LogP contribution in [0.25, 0.3) is 0 Å². The van der Waals surface area contributed by atoms with Crippen LogP contribution in [0.5, 0.6) is 17.2 Å². The average Bonchev–Trinajstić information content (AvgIpc) is 3.29. The quantitative estimate of drug-likeness (QED) is 0.0578. The first-order valence-electron chi connectivity index (χ1n) is 21.0. The average molecular weight is 888 g/mol. The van der Waals surface area contributed by atoms with Crippen molar-refractivity contribution in [2.24, 2.45) is 0 Å². The number of anilines is 3. The van der Waals surface area contributed by atoms with E-state index in [0.717, 1.165) is 33.4 Å². The lowest BCUT2D eigenvalue weighted by molar-refractivity contribution is -0.112. The number of amides is 3. The normalized spacial score (nSPS) is 11.7. The highest BCUT2D eigenvalue weighted by Crippen LogP contribution is 2.51. The van der Waals surface area contributed by atoms with Gasteiger partial charge in [-0.15, -0.1) is 0 Å². The molecule has 0 aliphatic carbocycles. The first-order chi connectivity index (χ1) is 30.8.